The van der Waals surface area contributed by atoms with Crippen molar-refractivity contribution in [3.05, 3.63) is 42.0 Å². The molecule has 17 heavy (non-hydrogen) atoms. The Morgan fingerprint density at radius 1 is 1.41 bits per heavy atom. The largest absolute Gasteiger partial charge is 0.485 e. The van der Waals surface area contributed by atoms with Gasteiger partial charge in [-0.2, -0.15) is 5.10 Å². The minimum Gasteiger partial charge on any atom is -0.485 e. The van der Waals surface area contributed by atoms with Crippen molar-refractivity contribution in [1.82, 2.24) is 14.8 Å². The maximum Gasteiger partial charge on any atom is 0.164 e. The summed E-state index contributed by atoms with van der Waals surface area (Å²) in [5.74, 6) is 1.41. The van der Waals surface area contributed by atoms with Crippen LogP contribution in [0.4, 0.5) is 0 Å². The average molecular weight is 233 g/mol. The van der Waals surface area contributed by atoms with Gasteiger partial charge in [0.15, 0.2) is 5.82 Å². The van der Waals surface area contributed by atoms with Gasteiger partial charge < -0.3 is 9.84 Å². The van der Waals surface area contributed by atoms with Gasteiger partial charge in [-0.25, -0.2) is 4.98 Å². The summed E-state index contributed by atoms with van der Waals surface area (Å²) >= 11 is 0. The third-order valence-corrected chi connectivity index (χ3v) is 2.53. The van der Waals surface area contributed by atoms with E-state index in [-0.39, 0.29) is 0 Å². The summed E-state index contributed by atoms with van der Waals surface area (Å²) in [5, 5.41) is 13.6. The molecular weight excluding hydrogens is 218 g/mol. The average Bonchev–Trinajstić information content (AvgIpc) is 2.72. The van der Waals surface area contributed by atoms with Gasteiger partial charge in [-0.15, -0.1) is 0 Å². The van der Waals surface area contributed by atoms with Gasteiger partial charge in [-0.1, -0.05) is 18.2 Å². The molecular formula is C12H15N3O2. The lowest BCUT2D eigenvalue weighted by atomic mass is 10.1. The second-order valence-corrected chi connectivity index (χ2v) is 3.80. The highest BCUT2D eigenvalue weighted by Crippen LogP contribution is 2.24. The van der Waals surface area contributed by atoms with E-state index >= 15 is 0 Å². The fourth-order valence-electron chi connectivity index (χ4n) is 1.55. The Hall–Kier alpha value is -1.88. The lowest BCUT2D eigenvalue weighted by Crippen LogP contribution is -2.06. The molecule has 2 rings (SSSR count). The van der Waals surface area contributed by atoms with Gasteiger partial charge in [0, 0.05) is 12.6 Å². The molecule has 1 atom stereocenters. The molecule has 2 aromatic rings. The number of rotatable bonds is 4. The summed E-state index contributed by atoms with van der Waals surface area (Å²) in [4.78, 5) is 4.07. The Bertz CT molecular complexity index is 494. The first-order valence-corrected chi connectivity index (χ1v) is 5.41. The summed E-state index contributed by atoms with van der Waals surface area (Å²) in [5.41, 5.74) is 0.773. The van der Waals surface area contributed by atoms with Gasteiger partial charge >= 0.3 is 0 Å². The predicted octanol–water partition coefficient (Wildman–Crippen LogP) is 1.45. The molecule has 0 amide bonds. The molecule has 0 aliphatic carbocycles. The van der Waals surface area contributed by atoms with Crippen molar-refractivity contribution in [2.45, 2.75) is 19.6 Å². The van der Waals surface area contributed by atoms with Crippen LogP contribution >= 0.6 is 0 Å². The molecule has 5 heteroatoms. The minimum absolute atomic E-state index is 0.334. The number of aryl methyl sites for hydroxylation is 1. The van der Waals surface area contributed by atoms with Gasteiger partial charge in [-0.05, 0) is 13.0 Å². The highest BCUT2D eigenvalue weighted by molar-refractivity contribution is 5.34. The van der Waals surface area contributed by atoms with Crippen LogP contribution in [0.2, 0.25) is 0 Å². The van der Waals surface area contributed by atoms with Crippen LogP contribution in [0.3, 0.4) is 0 Å². The lowest BCUT2D eigenvalue weighted by molar-refractivity contribution is 0.189. The fourth-order valence-corrected chi connectivity index (χ4v) is 1.55. The molecule has 1 N–H and O–H groups in total. The van der Waals surface area contributed by atoms with E-state index < -0.39 is 6.10 Å². The summed E-state index contributed by atoms with van der Waals surface area (Å²) < 4.78 is 7.30. The molecule has 1 heterocycles. The summed E-state index contributed by atoms with van der Waals surface area (Å²) in [6.45, 7) is 2.05. The van der Waals surface area contributed by atoms with E-state index in [4.69, 9.17) is 4.74 Å². The van der Waals surface area contributed by atoms with Crippen molar-refractivity contribution in [2.75, 3.05) is 0 Å². The van der Waals surface area contributed by atoms with Crippen molar-refractivity contribution in [1.29, 1.82) is 0 Å². The van der Waals surface area contributed by atoms with Crippen molar-refractivity contribution >= 4 is 0 Å². The first kappa shape index (κ1) is 11.6. The standard InChI is InChI=1S/C12H15N3O2/c1-9(16)10-5-3-4-6-11(10)17-7-12-13-8-14-15(12)2/h3-6,8-9,16H,7H2,1-2H3. The van der Waals surface area contributed by atoms with Gasteiger partial charge in [0.05, 0.1) is 6.10 Å². The van der Waals surface area contributed by atoms with Crippen LogP contribution < -0.4 is 4.74 Å². The SMILES string of the molecule is CC(O)c1ccccc1OCc1ncnn1C. The van der Waals surface area contributed by atoms with E-state index in [1.165, 1.54) is 6.33 Å². The second-order valence-electron chi connectivity index (χ2n) is 3.80. The quantitative estimate of drug-likeness (QED) is 0.868. The van der Waals surface area contributed by atoms with Crippen molar-refractivity contribution in [2.24, 2.45) is 7.05 Å². The molecule has 1 aromatic carbocycles. The number of hydrogen-bond donors (Lipinski definition) is 1. The first-order chi connectivity index (χ1) is 8.18. The third-order valence-electron chi connectivity index (χ3n) is 2.53. The van der Waals surface area contributed by atoms with Crippen LogP contribution in [-0.2, 0) is 13.7 Å². The Morgan fingerprint density at radius 2 is 2.18 bits per heavy atom. The molecule has 0 saturated heterocycles. The molecule has 0 radical (unpaired) electrons. The zero-order valence-corrected chi connectivity index (χ0v) is 9.87. The number of benzene rings is 1. The predicted molar refractivity (Wildman–Crippen MR) is 62.4 cm³/mol. The van der Waals surface area contributed by atoms with Crippen LogP contribution in [0.15, 0.2) is 30.6 Å². The number of ether oxygens (including phenoxy) is 1. The topological polar surface area (TPSA) is 60.2 Å². The number of aliphatic hydroxyl groups excluding tert-OH is 1. The van der Waals surface area contributed by atoms with E-state index in [0.29, 0.717) is 12.4 Å². The van der Waals surface area contributed by atoms with Gasteiger partial charge in [0.1, 0.15) is 18.7 Å². The zero-order valence-electron chi connectivity index (χ0n) is 9.87. The number of nitrogens with zero attached hydrogens (tertiary/aromatic N) is 3. The van der Waals surface area contributed by atoms with Crippen LogP contribution in [-0.4, -0.2) is 19.9 Å². The van der Waals surface area contributed by atoms with Crippen LogP contribution in [0.1, 0.15) is 24.4 Å². The lowest BCUT2D eigenvalue weighted by Gasteiger charge is -2.12. The number of para-hydroxylation sites is 1. The number of hydrogen-bond acceptors (Lipinski definition) is 4. The van der Waals surface area contributed by atoms with Crippen LogP contribution in [0, 0.1) is 0 Å². The first-order valence-electron chi connectivity index (χ1n) is 5.41. The van der Waals surface area contributed by atoms with Crippen molar-refractivity contribution in [3.8, 4) is 5.75 Å². The minimum atomic E-state index is -0.550. The molecule has 0 saturated carbocycles. The zero-order chi connectivity index (χ0) is 12.3. The second kappa shape index (κ2) is 4.97. The van der Waals surface area contributed by atoms with E-state index in [1.807, 2.05) is 31.3 Å². The molecule has 0 aliphatic rings. The van der Waals surface area contributed by atoms with E-state index in [2.05, 4.69) is 10.1 Å². The normalized spacial score (nSPS) is 12.4. The van der Waals surface area contributed by atoms with E-state index in [9.17, 15) is 5.11 Å². The molecule has 1 unspecified atom stereocenters. The molecule has 1 aromatic heterocycles. The van der Waals surface area contributed by atoms with Crippen molar-refractivity contribution in [3.63, 3.8) is 0 Å². The van der Waals surface area contributed by atoms with Crippen molar-refractivity contribution < 1.29 is 9.84 Å². The molecule has 0 bridgehead atoms. The van der Waals surface area contributed by atoms with Gasteiger partial charge in [0.25, 0.3) is 0 Å². The summed E-state index contributed by atoms with van der Waals surface area (Å²) in [6.07, 6.45) is 0.935. The molecule has 0 spiro atoms. The number of aliphatic hydroxyl groups is 1. The maximum atomic E-state index is 9.60. The summed E-state index contributed by atoms with van der Waals surface area (Å²) in [6, 6.07) is 7.42. The Morgan fingerprint density at radius 3 is 2.82 bits per heavy atom. The van der Waals surface area contributed by atoms with E-state index in [0.717, 1.165) is 11.4 Å². The highest BCUT2D eigenvalue weighted by Gasteiger charge is 2.09. The Labute approximate surface area is 99.7 Å². The Kier molecular flexibility index (Phi) is 3.39. The highest BCUT2D eigenvalue weighted by atomic mass is 16.5. The number of aromatic nitrogens is 3. The molecule has 0 fully saturated rings. The van der Waals surface area contributed by atoms with Gasteiger partial charge in [0.2, 0.25) is 0 Å². The molecule has 5 nitrogen and oxygen atoms in total. The third kappa shape index (κ3) is 2.62. The molecule has 90 valence electrons. The van der Waals surface area contributed by atoms with Crippen LogP contribution in [0.5, 0.6) is 5.75 Å². The molecule has 0 aliphatic heterocycles. The Balaban J connectivity index is 2.11. The fraction of sp³-hybridized carbons (Fsp3) is 0.333. The van der Waals surface area contributed by atoms with E-state index in [1.54, 1.807) is 11.6 Å². The van der Waals surface area contributed by atoms with Gasteiger partial charge in [-0.3, -0.25) is 4.68 Å². The summed E-state index contributed by atoms with van der Waals surface area (Å²) in [7, 11) is 1.81. The monoisotopic (exact) mass is 233 g/mol. The smallest absolute Gasteiger partial charge is 0.164 e. The van der Waals surface area contributed by atoms with Crippen LogP contribution in [0.25, 0.3) is 0 Å². The maximum absolute atomic E-state index is 9.60.